The second-order valence-electron chi connectivity index (χ2n) is 4.95. The summed E-state index contributed by atoms with van der Waals surface area (Å²) in [6.45, 7) is 0. The molecule has 4 aromatic rings. The van der Waals surface area contributed by atoms with Crippen molar-refractivity contribution < 1.29 is 4.79 Å². The van der Waals surface area contributed by atoms with Gasteiger partial charge in [0.25, 0.3) is 5.78 Å². The third kappa shape index (κ3) is 2.52. The average molecular weight is 340 g/mol. The van der Waals surface area contributed by atoms with Gasteiger partial charge in [0.1, 0.15) is 6.33 Å². The van der Waals surface area contributed by atoms with E-state index >= 15 is 0 Å². The molecule has 120 valence electrons. The highest BCUT2D eigenvalue weighted by Crippen LogP contribution is 2.21. The Hall–Kier alpha value is -3.14. The second-order valence-corrected chi connectivity index (χ2v) is 5.89. The summed E-state index contributed by atoms with van der Waals surface area (Å²) < 4.78 is 2.75. The highest BCUT2D eigenvalue weighted by Gasteiger charge is 2.13. The number of aromatic nitrogens is 6. The van der Waals surface area contributed by atoms with E-state index in [0.717, 1.165) is 10.9 Å². The predicted molar refractivity (Wildman–Crippen MR) is 90.0 cm³/mol. The number of benzene rings is 1. The van der Waals surface area contributed by atoms with Crippen LogP contribution in [0.2, 0.25) is 0 Å². The number of nitrogens with one attached hydrogen (secondary N) is 1. The minimum absolute atomic E-state index is 0.165. The quantitative estimate of drug-likeness (QED) is 0.419. The minimum atomic E-state index is -0.165. The summed E-state index contributed by atoms with van der Waals surface area (Å²) in [5.41, 5.74) is 1.43. The fourth-order valence-corrected chi connectivity index (χ4v) is 2.97. The first-order valence-corrected chi connectivity index (χ1v) is 8.01. The monoisotopic (exact) mass is 340 g/mol. The van der Waals surface area contributed by atoms with Crippen molar-refractivity contribution in [3.05, 3.63) is 42.9 Å². The first-order valence-electron chi connectivity index (χ1n) is 7.02. The maximum atomic E-state index is 12.2. The number of carbonyl (C=O) groups excluding carboxylic acids is 1. The number of nitrogen functional groups attached to an aromatic ring is 1. The predicted octanol–water partition coefficient (Wildman–Crippen LogP) is 0.919. The van der Waals surface area contributed by atoms with Crippen LogP contribution in [0.4, 0.5) is 5.69 Å². The van der Waals surface area contributed by atoms with Crippen LogP contribution in [0.25, 0.3) is 16.7 Å². The highest BCUT2D eigenvalue weighted by molar-refractivity contribution is 7.99. The fraction of sp³-hybridized carbons (Fsp3) is 0.0714. The third-order valence-electron chi connectivity index (χ3n) is 3.36. The molecule has 1 amide bonds. The number of pyridine rings is 1. The van der Waals surface area contributed by atoms with Gasteiger partial charge in [-0.05, 0) is 12.1 Å². The molecule has 0 saturated carbocycles. The topological polar surface area (TPSA) is 116 Å². The van der Waals surface area contributed by atoms with Crippen LogP contribution in [-0.4, -0.2) is 41.1 Å². The molecule has 0 aliphatic rings. The number of para-hydroxylation sites is 1. The first kappa shape index (κ1) is 14.5. The van der Waals surface area contributed by atoms with Crippen molar-refractivity contribution in [2.75, 3.05) is 16.9 Å². The molecule has 0 unspecified atom stereocenters. The molecule has 0 fully saturated rings. The molecule has 0 saturated heterocycles. The summed E-state index contributed by atoms with van der Waals surface area (Å²) in [5, 5.41) is 16.3. The Morgan fingerprint density at radius 2 is 2.12 bits per heavy atom. The zero-order valence-corrected chi connectivity index (χ0v) is 13.1. The van der Waals surface area contributed by atoms with E-state index in [4.69, 9.17) is 5.84 Å². The molecule has 10 heteroatoms. The lowest BCUT2D eigenvalue weighted by Gasteiger charge is -2.07. The van der Waals surface area contributed by atoms with Crippen LogP contribution in [0, 0.1) is 0 Å². The summed E-state index contributed by atoms with van der Waals surface area (Å²) in [6.07, 6.45) is 3.12. The van der Waals surface area contributed by atoms with Gasteiger partial charge in [-0.2, -0.15) is 9.61 Å². The molecule has 24 heavy (non-hydrogen) atoms. The van der Waals surface area contributed by atoms with Gasteiger partial charge in [0, 0.05) is 11.6 Å². The van der Waals surface area contributed by atoms with Gasteiger partial charge in [0.2, 0.25) is 11.1 Å². The summed E-state index contributed by atoms with van der Waals surface area (Å²) in [5.74, 6) is 6.05. The van der Waals surface area contributed by atoms with Crippen LogP contribution in [-0.2, 0) is 4.79 Å². The van der Waals surface area contributed by atoms with Crippen LogP contribution in [0.3, 0.4) is 0 Å². The standard InChI is InChI=1S/C14H12N8OS/c15-21-8-17-22-13(21)19-20-14(22)24-7-11(23)18-10-5-1-3-9-4-2-6-16-12(9)10/h1-6,8H,7,15H2,(H,18,23). The molecular formula is C14H12N8OS. The van der Waals surface area contributed by atoms with Crippen LogP contribution in [0.15, 0.2) is 48.0 Å². The number of thioether (sulfide) groups is 1. The van der Waals surface area contributed by atoms with Gasteiger partial charge >= 0.3 is 0 Å². The van der Waals surface area contributed by atoms with Gasteiger partial charge in [-0.15, -0.1) is 10.2 Å². The number of anilines is 1. The number of fused-ring (bicyclic) bond motifs is 2. The van der Waals surface area contributed by atoms with Crippen LogP contribution in [0.5, 0.6) is 0 Å². The number of nitrogens with two attached hydrogens (primary N) is 1. The fourth-order valence-electron chi connectivity index (χ4n) is 2.29. The molecule has 3 aromatic heterocycles. The second kappa shape index (κ2) is 5.81. The van der Waals surface area contributed by atoms with Crippen LogP contribution < -0.4 is 11.2 Å². The molecule has 0 aliphatic carbocycles. The van der Waals surface area contributed by atoms with Crippen molar-refractivity contribution in [2.24, 2.45) is 0 Å². The molecule has 0 bridgehead atoms. The summed E-state index contributed by atoms with van der Waals surface area (Å²) in [6, 6.07) is 9.45. The lowest BCUT2D eigenvalue weighted by Crippen LogP contribution is -2.14. The van der Waals surface area contributed by atoms with E-state index in [1.54, 1.807) is 6.20 Å². The molecule has 4 rings (SSSR count). The van der Waals surface area contributed by atoms with Gasteiger partial charge in [-0.1, -0.05) is 30.0 Å². The number of hydrogen-bond donors (Lipinski definition) is 2. The Morgan fingerprint density at radius 3 is 3.04 bits per heavy atom. The molecule has 9 nitrogen and oxygen atoms in total. The lowest BCUT2D eigenvalue weighted by atomic mass is 10.2. The highest BCUT2D eigenvalue weighted by atomic mass is 32.2. The van der Waals surface area contributed by atoms with E-state index in [1.165, 1.54) is 27.3 Å². The number of amides is 1. The molecule has 0 radical (unpaired) electrons. The molecule has 1 aromatic carbocycles. The van der Waals surface area contributed by atoms with Crippen LogP contribution in [0.1, 0.15) is 0 Å². The SMILES string of the molecule is Nn1cnn2c(SCC(=O)Nc3cccc4cccnc34)nnc12. The Morgan fingerprint density at radius 1 is 1.25 bits per heavy atom. The van der Waals surface area contributed by atoms with Gasteiger partial charge < -0.3 is 11.2 Å². The Balaban J connectivity index is 1.48. The molecule has 0 spiro atoms. The van der Waals surface area contributed by atoms with E-state index in [-0.39, 0.29) is 11.7 Å². The van der Waals surface area contributed by atoms with E-state index in [0.29, 0.717) is 16.6 Å². The van der Waals surface area contributed by atoms with Crippen LogP contribution >= 0.6 is 11.8 Å². The minimum Gasteiger partial charge on any atom is -0.335 e. The Kier molecular flexibility index (Phi) is 3.50. The van der Waals surface area contributed by atoms with Crippen molar-refractivity contribution >= 4 is 40.0 Å². The maximum absolute atomic E-state index is 12.2. The maximum Gasteiger partial charge on any atom is 0.273 e. The van der Waals surface area contributed by atoms with Crippen molar-refractivity contribution in [1.29, 1.82) is 0 Å². The smallest absolute Gasteiger partial charge is 0.273 e. The van der Waals surface area contributed by atoms with E-state index < -0.39 is 0 Å². The normalized spacial score (nSPS) is 11.2. The van der Waals surface area contributed by atoms with E-state index in [9.17, 15) is 4.79 Å². The zero-order chi connectivity index (χ0) is 16.5. The number of rotatable bonds is 4. The molecule has 3 N–H and O–H groups in total. The molecular weight excluding hydrogens is 328 g/mol. The van der Waals surface area contributed by atoms with Gasteiger partial charge in [0.15, 0.2) is 0 Å². The summed E-state index contributed by atoms with van der Waals surface area (Å²) in [7, 11) is 0. The van der Waals surface area contributed by atoms with Crippen molar-refractivity contribution in [3.8, 4) is 0 Å². The van der Waals surface area contributed by atoms with Gasteiger partial charge in [-0.25, -0.2) is 4.68 Å². The summed E-state index contributed by atoms with van der Waals surface area (Å²) in [4.78, 5) is 16.5. The Labute approximate surface area is 139 Å². The Bertz CT molecular complexity index is 1030. The molecule has 0 aliphatic heterocycles. The third-order valence-corrected chi connectivity index (χ3v) is 4.28. The first-order chi connectivity index (χ1) is 11.7. The van der Waals surface area contributed by atoms with E-state index in [2.05, 4.69) is 25.6 Å². The van der Waals surface area contributed by atoms with Gasteiger partial charge in [-0.3, -0.25) is 9.78 Å². The lowest BCUT2D eigenvalue weighted by molar-refractivity contribution is -0.113. The van der Waals surface area contributed by atoms with Crippen molar-refractivity contribution in [1.82, 2.24) is 29.5 Å². The molecule has 0 atom stereocenters. The number of hydrogen-bond acceptors (Lipinski definition) is 7. The zero-order valence-electron chi connectivity index (χ0n) is 12.3. The number of carbonyl (C=O) groups is 1. The molecule has 3 heterocycles. The summed E-state index contributed by atoms with van der Waals surface area (Å²) >= 11 is 1.23. The van der Waals surface area contributed by atoms with Crippen molar-refractivity contribution in [2.45, 2.75) is 5.16 Å². The van der Waals surface area contributed by atoms with Gasteiger partial charge in [0.05, 0.1) is 17.0 Å². The average Bonchev–Trinajstić information content (AvgIpc) is 3.17. The van der Waals surface area contributed by atoms with Crippen molar-refractivity contribution in [3.63, 3.8) is 0 Å². The largest absolute Gasteiger partial charge is 0.335 e. The van der Waals surface area contributed by atoms with E-state index in [1.807, 2.05) is 30.3 Å². The number of nitrogens with zero attached hydrogens (tertiary/aromatic N) is 6.